The number of benzene rings is 2. The van der Waals surface area contributed by atoms with Crippen LogP contribution in [0.25, 0.3) is 0 Å². The van der Waals surface area contributed by atoms with Gasteiger partial charge in [0.1, 0.15) is 16.1 Å². The van der Waals surface area contributed by atoms with E-state index in [4.69, 9.17) is 9.84 Å². The molecule has 0 bridgehead atoms. The number of hydrogen-bond donors (Lipinski definition) is 3. The van der Waals surface area contributed by atoms with Crippen LogP contribution < -0.4 is 9.46 Å². The molecule has 1 amide bonds. The third-order valence-corrected chi connectivity index (χ3v) is 9.60. The smallest absolute Gasteiger partial charge is 0.335 e. The SMILES string of the molecule is C[C@H](CO)N1C[C@H](C)[C@@H](CN(C)Cc2ccc(C(=O)O)cc2)Oc2ccc(NS(=O)(=O)c3cccs3)cc2C1=O. The molecule has 0 saturated heterocycles. The number of hydrogen-bond acceptors (Lipinski definition) is 8. The number of aliphatic hydroxyl groups excluding tert-OH is 1. The number of thiophene rings is 1. The molecule has 0 radical (unpaired) electrons. The first kappa shape index (κ1) is 29.5. The van der Waals surface area contributed by atoms with E-state index in [-0.39, 0.29) is 45.6 Å². The van der Waals surface area contributed by atoms with Crippen molar-refractivity contribution < 1.29 is 33.0 Å². The second-order valence-electron chi connectivity index (χ2n) is 10.1. The van der Waals surface area contributed by atoms with E-state index in [0.717, 1.165) is 16.9 Å². The monoisotopic (exact) mass is 587 g/mol. The van der Waals surface area contributed by atoms with Gasteiger partial charge in [0, 0.05) is 31.2 Å². The van der Waals surface area contributed by atoms with Gasteiger partial charge in [-0.25, -0.2) is 13.2 Å². The summed E-state index contributed by atoms with van der Waals surface area (Å²) in [5.74, 6) is -1.10. The van der Waals surface area contributed by atoms with Crippen molar-refractivity contribution in [3.8, 4) is 5.75 Å². The lowest BCUT2D eigenvalue weighted by atomic mass is 9.99. The Labute approximate surface area is 237 Å². The number of nitrogens with zero attached hydrogens (tertiary/aromatic N) is 2. The number of rotatable bonds is 10. The Balaban J connectivity index is 1.59. The number of anilines is 1. The van der Waals surface area contributed by atoms with E-state index in [1.54, 1.807) is 59.7 Å². The van der Waals surface area contributed by atoms with Crippen LogP contribution in [0.3, 0.4) is 0 Å². The molecule has 40 heavy (non-hydrogen) atoms. The highest BCUT2D eigenvalue weighted by Gasteiger charge is 2.33. The van der Waals surface area contributed by atoms with Gasteiger partial charge in [-0.05, 0) is 61.3 Å². The molecule has 10 nitrogen and oxygen atoms in total. The summed E-state index contributed by atoms with van der Waals surface area (Å²) in [7, 11) is -1.88. The van der Waals surface area contributed by atoms with Gasteiger partial charge < -0.3 is 19.8 Å². The maximum Gasteiger partial charge on any atom is 0.335 e. The molecule has 3 N–H and O–H groups in total. The number of ether oxygens (including phenoxy) is 1. The molecule has 1 aliphatic rings. The minimum absolute atomic E-state index is 0.0973. The van der Waals surface area contributed by atoms with Gasteiger partial charge in [-0.2, -0.15) is 0 Å². The van der Waals surface area contributed by atoms with Crippen LogP contribution in [0.1, 0.15) is 40.1 Å². The number of nitrogens with one attached hydrogen (secondary N) is 1. The third-order valence-electron chi connectivity index (χ3n) is 6.82. The molecular formula is C28H33N3O7S2. The maximum absolute atomic E-state index is 13.6. The Bertz CT molecular complexity index is 1440. The normalized spacial score (nSPS) is 18.4. The predicted octanol–water partition coefficient (Wildman–Crippen LogP) is 3.60. The topological polar surface area (TPSA) is 136 Å². The Morgan fingerprint density at radius 3 is 2.58 bits per heavy atom. The lowest BCUT2D eigenvalue weighted by molar-refractivity contribution is 0.0341. The Morgan fingerprint density at radius 2 is 1.95 bits per heavy atom. The molecule has 0 aliphatic carbocycles. The summed E-state index contributed by atoms with van der Waals surface area (Å²) in [6, 6.07) is 14.0. The fraction of sp³-hybridized carbons (Fsp3) is 0.357. The van der Waals surface area contributed by atoms with E-state index in [2.05, 4.69) is 9.62 Å². The van der Waals surface area contributed by atoms with Crippen molar-refractivity contribution in [1.29, 1.82) is 0 Å². The summed E-state index contributed by atoms with van der Waals surface area (Å²) in [5, 5.41) is 20.7. The molecule has 12 heteroatoms. The zero-order valence-electron chi connectivity index (χ0n) is 22.5. The third kappa shape index (κ3) is 6.81. The number of amides is 1. The quantitative estimate of drug-likeness (QED) is 0.327. The number of carboxylic acids is 1. The largest absolute Gasteiger partial charge is 0.488 e. The summed E-state index contributed by atoms with van der Waals surface area (Å²) in [4.78, 5) is 28.4. The van der Waals surface area contributed by atoms with Crippen LogP contribution in [0.4, 0.5) is 5.69 Å². The van der Waals surface area contributed by atoms with Gasteiger partial charge in [-0.15, -0.1) is 11.3 Å². The molecule has 2 aromatic carbocycles. The average molecular weight is 588 g/mol. The van der Waals surface area contributed by atoms with Gasteiger partial charge in [0.2, 0.25) is 0 Å². The molecule has 214 valence electrons. The first-order valence-corrected chi connectivity index (χ1v) is 15.1. The number of likely N-dealkylation sites (N-methyl/N-ethyl adjacent to an activating group) is 1. The van der Waals surface area contributed by atoms with Crippen LogP contribution >= 0.6 is 11.3 Å². The minimum atomic E-state index is -3.81. The summed E-state index contributed by atoms with van der Waals surface area (Å²) < 4.78 is 34.6. The Hall–Kier alpha value is -3.45. The first-order chi connectivity index (χ1) is 19.0. The Kier molecular flexibility index (Phi) is 9.14. The minimum Gasteiger partial charge on any atom is -0.488 e. The summed E-state index contributed by atoms with van der Waals surface area (Å²) >= 11 is 1.09. The average Bonchev–Trinajstić information content (AvgIpc) is 3.47. The van der Waals surface area contributed by atoms with Crippen LogP contribution in [-0.4, -0.2) is 79.2 Å². The zero-order valence-corrected chi connectivity index (χ0v) is 24.1. The van der Waals surface area contributed by atoms with Crippen molar-refractivity contribution in [3.05, 3.63) is 76.7 Å². The van der Waals surface area contributed by atoms with Crippen LogP contribution in [-0.2, 0) is 16.6 Å². The van der Waals surface area contributed by atoms with Gasteiger partial charge in [-0.3, -0.25) is 14.4 Å². The van der Waals surface area contributed by atoms with E-state index in [9.17, 15) is 23.1 Å². The van der Waals surface area contributed by atoms with E-state index < -0.39 is 22.0 Å². The fourth-order valence-corrected chi connectivity index (χ4v) is 6.60. The molecule has 0 unspecified atom stereocenters. The number of aliphatic hydroxyl groups is 1. The molecule has 4 rings (SSSR count). The summed E-state index contributed by atoms with van der Waals surface area (Å²) in [5.41, 5.74) is 1.60. The van der Waals surface area contributed by atoms with E-state index >= 15 is 0 Å². The number of carbonyl (C=O) groups excluding carboxylic acids is 1. The lowest BCUT2D eigenvalue weighted by Crippen LogP contribution is -2.49. The van der Waals surface area contributed by atoms with Gasteiger partial charge in [-0.1, -0.05) is 25.1 Å². The number of fused-ring (bicyclic) bond motifs is 1. The van der Waals surface area contributed by atoms with E-state index in [1.807, 2.05) is 14.0 Å². The van der Waals surface area contributed by atoms with Crippen molar-refractivity contribution in [2.45, 2.75) is 36.7 Å². The van der Waals surface area contributed by atoms with Crippen molar-refractivity contribution >= 4 is 38.9 Å². The van der Waals surface area contributed by atoms with Crippen molar-refractivity contribution in [3.63, 3.8) is 0 Å². The van der Waals surface area contributed by atoms with Crippen LogP contribution in [0.15, 0.2) is 64.2 Å². The molecule has 3 atom stereocenters. The van der Waals surface area contributed by atoms with Crippen LogP contribution in [0.2, 0.25) is 0 Å². The highest BCUT2D eigenvalue weighted by atomic mass is 32.2. The standard InChI is InChI=1S/C28H33N3O7S2/c1-18-14-31(19(2)17-32)27(33)23-13-22(29-40(36,37)26-5-4-12-39-26)10-11-24(23)38-25(18)16-30(3)15-20-6-8-21(9-7-20)28(34)35/h4-13,18-19,25,29,32H,14-17H2,1-3H3,(H,34,35)/t18-,19+,25+/m0/s1. The molecule has 0 spiro atoms. The Morgan fingerprint density at radius 1 is 1.23 bits per heavy atom. The fourth-order valence-electron chi connectivity index (χ4n) is 4.56. The van der Waals surface area contributed by atoms with Gasteiger partial charge >= 0.3 is 5.97 Å². The number of carboxylic acid groups (broad SMARTS) is 1. The lowest BCUT2D eigenvalue weighted by Gasteiger charge is -2.38. The van der Waals surface area contributed by atoms with Crippen molar-refractivity contribution in [2.24, 2.45) is 5.92 Å². The number of carbonyl (C=O) groups is 2. The summed E-state index contributed by atoms with van der Waals surface area (Å²) in [6.45, 7) is 4.91. The second-order valence-corrected chi connectivity index (χ2v) is 12.9. The predicted molar refractivity (Wildman–Crippen MR) is 152 cm³/mol. The van der Waals surface area contributed by atoms with Crippen LogP contribution in [0, 0.1) is 5.92 Å². The molecule has 1 aliphatic heterocycles. The maximum atomic E-state index is 13.6. The number of aromatic carboxylic acids is 1. The summed E-state index contributed by atoms with van der Waals surface area (Å²) in [6.07, 6.45) is -0.336. The van der Waals surface area contributed by atoms with E-state index in [1.165, 1.54) is 12.1 Å². The van der Waals surface area contributed by atoms with Gasteiger partial charge in [0.05, 0.1) is 23.8 Å². The first-order valence-electron chi connectivity index (χ1n) is 12.8. The molecule has 0 fully saturated rings. The van der Waals surface area contributed by atoms with Crippen molar-refractivity contribution in [2.75, 3.05) is 31.5 Å². The van der Waals surface area contributed by atoms with E-state index in [0.29, 0.717) is 25.4 Å². The molecule has 2 heterocycles. The van der Waals surface area contributed by atoms with Gasteiger partial charge in [0.15, 0.2) is 0 Å². The van der Waals surface area contributed by atoms with Gasteiger partial charge in [0.25, 0.3) is 15.9 Å². The highest BCUT2D eigenvalue weighted by molar-refractivity contribution is 7.94. The molecule has 1 aromatic heterocycles. The molecule has 0 saturated carbocycles. The zero-order chi connectivity index (χ0) is 29.0. The molecule has 3 aromatic rings. The number of sulfonamides is 1. The van der Waals surface area contributed by atoms with Crippen LogP contribution in [0.5, 0.6) is 5.75 Å². The molecular weight excluding hydrogens is 554 g/mol. The second kappa shape index (κ2) is 12.4. The highest BCUT2D eigenvalue weighted by Crippen LogP contribution is 2.32. The van der Waals surface area contributed by atoms with Crippen molar-refractivity contribution in [1.82, 2.24) is 9.80 Å².